The van der Waals surface area contributed by atoms with Gasteiger partial charge in [-0.3, -0.25) is 4.90 Å². The van der Waals surface area contributed by atoms with Gasteiger partial charge in [0, 0.05) is 19.0 Å². The fraction of sp³-hybridized carbons (Fsp3) is 0.462. The first kappa shape index (κ1) is 11.9. The molecular weight excluding hydrogens is 216 g/mol. The zero-order valence-electron chi connectivity index (χ0n) is 10.3. The predicted molar refractivity (Wildman–Crippen MR) is 67.2 cm³/mol. The highest BCUT2D eigenvalue weighted by molar-refractivity contribution is 5.89. The van der Waals surface area contributed by atoms with Crippen molar-refractivity contribution in [2.24, 2.45) is 11.7 Å². The third-order valence-electron chi connectivity index (χ3n) is 3.09. The number of hydrogen-bond acceptors (Lipinski definition) is 3. The molecule has 1 fully saturated rings. The maximum absolute atomic E-state index is 11.8. The van der Waals surface area contributed by atoms with E-state index in [1.807, 2.05) is 32.0 Å². The van der Waals surface area contributed by atoms with E-state index in [-0.39, 0.29) is 12.0 Å². The summed E-state index contributed by atoms with van der Waals surface area (Å²) >= 11 is 0. The summed E-state index contributed by atoms with van der Waals surface area (Å²) in [6.45, 7) is 5.61. The van der Waals surface area contributed by atoms with Crippen molar-refractivity contribution in [1.29, 1.82) is 0 Å². The third kappa shape index (κ3) is 2.42. The third-order valence-corrected chi connectivity index (χ3v) is 3.09. The number of benzene rings is 1. The summed E-state index contributed by atoms with van der Waals surface area (Å²) in [6.07, 6.45) is -0.275. The fourth-order valence-electron chi connectivity index (χ4n) is 2.00. The van der Waals surface area contributed by atoms with E-state index in [4.69, 9.17) is 10.5 Å². The number of ether oxygens (including phenoxy) is 1. The molecule has 1 atom stereocenters. The Hall–Kier alpha value is -1.55. The molecule has 1 aliphatic rings. The van der Waals surface area contributed by atoms with E-state index in [0.29, 0.717) is 19.7 Å². The standard InChI is InChI=1S/C13H18N2O2/c1-9-3-4-10(2)12(5-9)15-7-11(6-14)8-17-13(15)16/h3-5,11H,6-8,14H2,1-2H3. The Labute approximate surface area is 101 Å². The van der Waals surface area contributed by atoms with Crippen LogP contribution in [0, 0.1) is 19.8 Å². The van der Waals surface area contributed by atoms with Crippen molar-refractivity contribution in [2.45, 2.75) is 13.8 Å². The van der Waals surface area contributed by atoms with Crippen LogP contribution in [0.4, 0.5) is 10.5 Å². The Kier molecular flexibility index (Phi) is 3.33. The molecular formula is C13H18N2O2. The average Bonchev–Trinajstić information content (AvgIpc) is 2.33. The zero-order chi connectivity index (χ0) is 12.4. The van der Waals surface area contributed by atoms with Crippen molar-refractivity contribution >= 4 is 11.8 Å². The van der Waals surface area contributed by atoms with Crippen molar-refractivity contribution in [3.05, 3.63) is 29.3 Å². The fourth-order valence-corrected chi connectivity index (χ4v) is 2.00. The first-order valence-electron chi connectivity index (χ1n) is 5.83. The minimum Gasteiger partial charge on any atom is -0.449 e. The second-order valence-electron chi connectivity index (χ2n) is 4.58. The highest BCUT2D eigenvalue weighted by atomic mass is 16.6. The lowest BCUT2D eigenvalue weighted by molar-refractivity contribution is 0.117. The van der Waals surface area contributed by atoms with Crippen LogP contribution in [0.5, 0.6) is 0 Å². The molecule has 1 saturated heterocycles. The second kappa shape index (κ2) is 4.75. The summed E-state index contributed by atoms with van der Waals surface area (Å²) in [5.74, 6) is 0.215. The van der Waals surface area contributed by atoms with Gasteiger partial charge in [0.05, 0.1) is 12.3 Å². The largest absolute Gasteiger partial charge is 0.449 e. The van der Waals surface area contributed by atoms with E-state index in [1.165, 1.54) is 0 Å². The van der Waals surface area contributed by atoms with Gasteiger partial charge in [0.1, 0.15) is 0 Å². The molecule has 0 bridgehead atoms. The van der Waals surface area contributed by atoms with Crippen LogP contribution in [0.3, 0.4) is 0 Å². The highest BCUT2D eigenvalue weighted by Crippen LogP contribution is 2.25. The molecule has 0 saturated carbocycles. The van der Waals surface area contributed by atoms with Gasteiger partial charge >= 0.3 is 6.09 Å². The quantitative estimate of drug-likeness (QED) is 0.849. The van der Waals surface area contributed by atoms with Gasteiger partial charge in [0.2, 0.25) is 0 Å². The van der Waals surface area contributed by atoms with Crippen LogP contribution < -0.4 is 10.6 Å². The molecule has 0 aliphatic carbocycles. The van der Waals surface area contributed by atoms with Crippen molar-refractivity contribution in [1.82, 2.24) is 0 Å². The molecule has 1 unspecified atom stereocenters. The minimum atomic E-state index is -0.275. The number of carbonyl (C=O) groups excluding carboxylic acids is 1. The summed E-state index contributed by atoms with van der Waals surface area (Å²) in [5, 5.41) is 0. The molecule has 4 heteroatoms. The Morgan fingerprint density at radius 1 is 1.47 bits per heavy atom. The van der Waals surface area contributed by atoms with Gasteiger partial charge in [-0.1, -0.05) is 12.1 Å². The van der Waals surface area contributed by atoms with Gasteiger partial charge in [-0.25, -0.2) is 4.79 Å². The van der Waals surface area contributed by atoms with Crippen LogP contribution in [0.15, 0.2) is 18.2 Å². The number of carbonyl (C=O) groups is 1. The molecule has 17 heavy (non-hydrogen) atoms. The van der Waals surface area contributed by atoms with Crippen molar-refractivity contribution in [3.8, 4) is 0 Å². The summed E-state index contributed by atoms with van der Waals surface area (Å²) in [6, 6.07) is 6.06. The molecule has 92 valence electrons. The van der Waals surface area contributed by atoms with Crippen LogP contribution in [-0.2, 0) is 4.74 Å². The summed E-state index contributed by atoms with van der Waals surface area (Å²) in [7, 11) is 0. The number of nitrogens with two attached hydrogens (primary N) is 1. The van der Waals surface area contributed by atoms with Gasteiger partial charge in [0.25, 0.3) is 0 Å². The number of rotatable bonds is 2. The number of amides is 1. The van der Waals surface area contributed by atoms with Gasteiger partial charge in [-0.15, -0.1) is 0 Å². The monoisotopic (exact) mass is 234 g/mol. The van der Waals surface area contributed by atoms with Gasteiger partial charge in [-0.2, -0.15) is 0 Å². The van der Waals surface area contributed by atoms with Crippen molar-refractivity contribution < 1.29 is 9.53 Å². The maximum Gasteiger partial charge on any atom is 0.414 e. The van der Waals surface area contributed by atoms with E-state index in [1.54, 1.807) is 4.90 Å². The molecule has 1 aromatic rings. The molecule has 1 aromatic carbocycles. The smallest absolute Gasteiger partial charge is 0.414 e. The molecule has 1 amide bonds. The molecule has 4 nitrogen and oxygen atoms in total. The van der Waals surface area contributed by atoms with E-state index in [9.17, 15) is 4.79 Å². The van der Waals surface area contributed by atoms with Crippen molar-refractivity contribution in [3.63, 3.8) is 0 Å². The van der Waals surface area contributed by atoms with Gasteiger partial charge in [0.15, 0.2) is 0 Å². The van der Waals surface area contributed by atoms with E-state index < -0.39 is 0 Å². The molecule has 2 N–H and O–H groups in total. The van der Waals surface area contributed by atoms with Crippen LogP contribution in [0.1, 0.15) is 11.1 Å². The summed E-state index contributed by atoms with van der Waals surface area (Å²) in [4.78, 5) is 13.5. The maximum atomic E-state index is 11.8. The van der Waals surface area contributed by atoms with Crippen LogP contribution in [-0.4, -0.2) is 25.8 Å². The SMILES string of the molecule is Cc1ccc(C)c(N2CC(CN)COC2=O)c1. The van der Waals surface area contributed by atoms with Gasteiger partial charge < -0.3 is 10.5 Å². The van der Waals surface area contributed by atoms with E-state index in [0.717, 1.165) is 16.8 Å². The lowest BCUT2D eigenvalue weighted by atomic mass is 10.1. The topological polar surface area (TPSA) is 55.6 Å². The molecule has 0 spiro atoms. The molecule has 2 rings (SSSR count). The Morgan fingerprint density at radius 3 is 2.94 bits per heavy atom. The summed E-state index contributed by atoms with van der Waals surface area (Å²) < 4.78 is 5.15. The zero-order valence-corrected chi connectivity index (χ0v) is 10.3. The van der Waals surface area contributed by atoms with Crippen LogP contribution in [0.25, 0.3) is 0 Å². The Morgan fingerprint density at radius 2 is 2.24 bits per heavy atom. The van der Waals surface area contributed by atoms with Crippen LogP contribution >= 0.6 is 0 Å². The number of anilines is 1. The Balaban J connectivity index is 2.30. The Bertz CT molecular complexity index is 431. The highest BCUT2D eigenvalue weighted by Gasteiger charge is 2.28. The first-order valence-corrected chi connectivity index (χ1v) is 5.83. The molecule has 1 heterocycles. The van der Waals surface area contributed by atoms with Crippen molar-refractivity contribution in [2.75, 3.05) is 24.6 Å². The molecule has 0 aromatic heterocycles. The van der Waals surface area contributed by atoms with E-state index in [2.05, 4.69) is 0 Å². The lowest BCUT2D eigenvalue weighted by Gasteiger charge is -2.32. The normalized spacial score (nSPS) is 20.3. The minimum absolute atomic E-state index is 0.215. The number of aryl methyl sites for hydroxylation is 2. The number of nitrogens with zero attached hydrogens (tertiary/aromatic N) is 1. The second-order valence-corrected chi connectivity index (χ2v) is 4.58. The number of hydrogen-bond donors (Lipinski definition) is 1. The molecule has 0 radical (unpaired) electrons. The first-order chi connectivity index (χ1) is 8.11. The molecule has 1 aliphatic heterocycles. The number of cyclic esters (lactones) is 1. The van der Waals surface area contributed by atoms with E-state index >= 15 is 0 Å². The average molecular weight is 234 g/mol. The lowest BCUT2D eigenvalue weighted by Crippen LogP contribution is -2.45. The van der Waals surface area contributed by atoms with Gasteiger partial charge in [-0.05, 0) is 31.0 Å². The summed E-state index contributed by atoms with van der Waals surface area (Å²) in [5.41, 5.74) is 8.77. The predicted octanol–water partition coefficient (Wildman–Crippen LogP) is 1.83. The van der Waals surface area contributed by atoms with Crippen LogP contribution in [0.2, 0.25) is 0 Å².